The number of morpholine rings is 1. The van der Waals surface area contributed by atoms with Crippen LogP contribution >= 0.6 is 0 Å². The Morgan fingerprint density at radius 2 is 2.12 bits per heavy atom. The van der Waals surface area contributed by atoms with Crippen molar-refractivity contribution in [2.24, 2.45) is 0 Å². The Morgan fingerprint density at radius 1 is 1.25 bits per heavy atom. The molecule has 0 amide bonds. The van der Waals surface area contributed by atoms with Gasteiger partial charge in [-0.05, 0) is 12.5 Å². The molecule has 1 aliphatic rings. The predicted octanol–water partition coefficient (Wildman–Crippen LogP) is 2.11. The average Bonchev–Trinajstić information content (AvgIpc) is 2.66. The molecule has 0 aromatic carbocycles. The minimum Gasteiger partial charge on any atom is -0.477 e. The Kier molecular flexibility index (Phi) is 5.79. The smallest absolute Gasteiger partial charge is 0.218 e. The highest BCUT2D eigenvalue weighted by Gasteiger charge is 2.13. The molecule has 2 aromatic rings. The Morgan fingerprint density at radius 3 is 2.96 bits per heavy atom. The molecule has 0 unspecified atom stereocenters. The third-order valence-corrected chi connectivity index (χ3v) is 3.74. The van der Waals surface area contributed by atoms with Crippen molar-refractivity contribution in [1.29, 1.82) is 0 Å². The van der Waals surface area contributed by atoms with Gasteiger partial charge < -0.3 is 19.7 Å². The van der Waals surface area contributed by atoms with Crippen LogP contribution in [0.2, 0.25) is 0 Å². The second-order valence-corrected chi connectivity index (χ2v) is 5.53. The van der Waals surface area contributed by atoms with Crippen LogP contribution in [-0.2, 0) is 11.3 Å². The molecule has 7 heteroatoms. The second-order valence-electron chi connectivity index (χ2n) is 5.53. The first kappa shape index (κ1) is 16.4. The van der Waals surface area contributed by atoms with E-state index in [1.54, 1.807) is 12.5 Å². The van der Waals surface area contributed by atoms with Crippen molar-refractivity contribution in [1.82, 2.24) is 15.0 Å². The largest absolute Gasteiger partial charge is 0.477 e. The molecule has 0 bridgehead atoms. The van der Waals surface area contributed by atoms with E-state index in [2.05, 4.69) is 32.1 Å². The molecule has 2 aromatic heterocycles. The fraction of sp³-hybridized carbons (Fsp3) is 0.471. The van der Waals surface area contributed by atoms with Gasteiger partial charge in [-0.2, -0.15) is 0 Å². The fourth-order valence-corrected chi connectivity index (χ4v) is 2.48. The predicted molar refractivity (Wildman–Crippen MR) is 92.4 cm³/mol. The Labute approximate surface area is 142 Å². The van der Waals surface area contributed by atoms with Crippen molar-refractivity contribution in [2.45, 2.75) is 19.9 Å². The van der Waals surface area contributed by atoms with Crippen molar-refractivity contribution in [2.75, 3.05) is 43.1 Å². The first-order valence-corrected chi connectivity index (χ1v) is 8.32. The number of pyridine rings is 1. The molecule has 7 nitrogen and oxygen atoms in total. The maximum atomic E-state index is 5.69. The number of aromatic nitrogens is 3. The SMILES string of the molecule is CCCOc1ncccc1CNc1cc(N2CCOCC2)ncn1. The van der Waals surface area contributed by atoms with Crippen molar-refractivity contribution in [3.05, 3.63) is 36.3 Å². The minimum absolute atomic E-state index is 0.604. The van der Waals surface area contributed by atoms with E-state index >= 15 is 0 Å². The molecule has 0 saturated carbocycles. The van der Waals surface area contributed by atoms with Crippen molar-refractivity contribution in [3.63, 3.8) is 0 Å². The van der Waals surface area contributed by atoms with Gasteiger partial charge in [-0.1, -0.05) is 13.0 Å². The van der Waals surface area contributed by atoms with Crippen LogP contribution in [0.4, 0.5) is 11.6 Å². The summed E-state index contributed by atoms with van der Waals surface area (Å²) >= 11 is 0. The molecular weight excluding hydrogens is 306 g/mol. The highest BCUT2D eigenvalue weighted by Crippen LogP contribution is 2.19. The van der Waals surface area contributed by atoms with Crippen LogP contribution < -0.4 is 15.0 Å². The van der Waals surface area contributed by atoms with Gasteiger partial charge in [0.2, 0.25) is 5.88 Å². The topological polar surface area (TPSA) is 72.4 Å². The van der Waals surface area contributed by atoms with E-state index < -0.39 is 0 Å². The molecule has 3 heterocycles. The number of rotatable bonds is 7. The standard InChI is InChI=1S/C17H23N5O2/c1-2-8-24-17-14(4-3-5-18-17)12-19-15-11-16(21-13-20-15)22-6-9-23-10-7-22/h3-5,11,13H,2,6-10,12H2,1H3,(H,19,20,21). The van der Waals surface area contributed by atoms with Gasteiger partial charge in [-0.15, -0.1) is 0 Å². The lowest BCUT2D eigenvalue weighted by molar-refractivity contribution is 0.122. The molecule has 0 aliphatic carbocycles. The van der Waals surface area contributed by atoms with E-state index in [0.29, 0.717) is 19.0 Å². The normalized spacial score (nSPS) is 14.5. The van der Waals surface area contributed by atoms with Gasteiger partial charge in [0.15, 0.2) is 0 Å². The second kappa shape index (κ2) is 8.44. The maximum Gasteiger partial charge on any atom is 0.218 e. The third kappa shape index (κ3) is 4.32. The number of hydrogen-bond acceptors (Lipinski definition) is 7. The van der Waals surface area contributed by atoms with E-state index in [1.165, 1.54) is 0 Å². The van der Waals surface area contributed by atoms with Crippen LogP contribution in [0, 0.1) is 0 Å². The van der Waals surface area contributed by atoms with Crippen molar-refractivity contribution >= 4 is 11.6 Å². The van der Waals surface area contributed by atoms with Crippen LogP contribution in [0.1, 0.15) is 18.9 Å². The summed E-state index contributed by atoms with van der Waals surface area (Å²) < 4.78 is 11.1. The monoisotopic (exact) mass is 329 g/mol. The molecule has 0 atom stereocenters. The first-order chi connectivity index (χ1) is 11.9. The van der Waals surface area contributed by atoms with Gasteiger partial charge in [0, 0.05) is 37.5 Å². The lowest BCUT2D eigenvalue weighted by Gasteiger charge is -2.27. The number of hydrogen-bond donors (Lipinski definition) is 1. The Balaban J connectivity index is 1.64. The van der Waals surface area contributed by atoms with Crippen LogP contribution in [0.25, 0.3) is 0 Å². The highest BCUT2D eigenvalue weighted by molar-refractivity contribution is 5.49. The van der Waals surface area contributed by atoms with E-state index in [-0.39, 0.29) is 0 Å². The first-order valence-electron chi connectivity index (χ1n) is 8.32. The van der Waals surface area contributed by atoms with Gasteiger partial charge in [0.1, 0.15) is 18.0 Å². The zero-order valence-electron chi connectivity index (χ0n) is 13.9. The van der Waals surface area contributed by atoms with Crippen LogP contribution in [-0.4, -0.2) is 47.9 Å². The number of nitrogens with one attached hydrogen (secondary N) is 1. The number of ether oxygens (including phenoxy) is 2. The summed E-state index contributed by atoms with van der Waals surface area (Å²) in [5, 5.41) is 3.33. The molecule has 1 N–H and O–H groups in total. The van der Waals surface area contributed by atoms with Gasteiger partial charge in [0.25, 0.3) is 0 Å². The number of nitrogens with zero attached hydrogens (tertiary/aromatic N) is 4. The molecule has 0 spiro atoms. The molecule has 3 rings (SSSR count). The summed E-state index contributed by atoms with van der Waals surface area (Å²) in [4.78, 5) is 15.2. The zero-order chi connectivity index (χ0) is 16.6. The van der Waals surface area contributed by atoms with Crippen LogP contribution in [0.15, 0.2) is 30.7 Å². The molecule has 24 heavy (non-hydrogen) atoms. The number of anilines is 2. The van der Waals surface area contributed by atoms with Gasteiger partial charge in [-0.3, -0.25) is 0 Å². The van der Waals surface area contributed by atoms with Crippen LogP contribution in [0.3, 0.4) is 0 Å². The van der Waals surface area contributed by atoms with E-state index in [9.17, 15) is 0 Å². The molecule has 0 radical (unpaired) electrons. The summed E-state index contributed by atoms with van der Waals surface area (Å²) in [5.74, 6) is 2.38. The lowest BCUT2D eigenvalue weighted by Crippen LogP contribution is -2.36. The molecule has 128 valence electrons. The molecule has 1 fully saturated rings. The van der Waals surface area contributed by atoms with Crippen molar-refractivity contribution in [3.8, 4) is 5.88 Å². The van der Waals surface area contributed by atoms with E-state index in [1.807, 2.05) is 18.2 Å². The average molecular weight is 329 g/mol. The van der Waals surface area contributed by atoms with Crippen LogP contribution in [0.5, 0.6) is 5.88 Å². The fourth-order valence-electron chi connectivity index (χ4n) is 2.48. The van der Waals surface area contributed by atoms with Gasteiger partial charge in [-0.25, -0.2) is 15.0 Å². The summed E-state index contributed by atoms with van der Waals surface area (Å²) in [7, 11) is 0. The third-order valence-electron chi connectivity index (χ3n) is 3.74. The lowest BCUT2D eigenvalue weighted by atomic mass is 10.2. The van der Waals surface area contributed by atoms with Crippen molar-refractivity contribution < 1.29 is 9.47 Å². The highest BCUT2D eigenvalue weighted by atomic mass is 16.5. The zero-order valence-corrected chi connectivity index (χ0v) is 13.9. The Bertz CT molecular complexity index is 646. The van der Waals surface area contributed by atoms with Gasteiger partial charge >= 0.3 is 0 Å². The maximum absolute atomic E-state index is 5.69. The summed E-state index contributed by atoms with van der Waals surface area (Å²) in [6.45, 7) is 6.53. The minimum atomic E-state index is 0.604. The van der Waals surface area contributed by atoms with E-state index in [4.69, 9.17) is 9.47 Å². The van der Waals surface area contributed by atoms with E-state index in [0.717, 1.165) is 49.9 Å². The molecule has 1 saturated heterocycles. The summed E-state index contributed by atoms with van der Waals surface area (Å²) in [6.07, 6.45) is 4.29. The summed E-state index contributed by atoms with van der Waals surface area (Å²) in [5.41, 5.74) is 1.01. The Hall–Kier alpha value is -2.41. The van der Waals surface area contributed by atoms with Gasteiger partial charge in [0.05, 0.1) is 19.8 Å². The quantitative estimate of drug-likeness (QED) is 0.834. The molecular formula is C17H23N5O2. The molecule has 1 aliphatic heterocycles. The summed E-state index contributed by atoms with van der Waals surface area (Å²) in [6, 6.07) is 5.89.